The van der Waals surface area contributed by atoms with Crippen LogP contribution in [-0.2, 0) is 11.3 Å². The highest BCUT2D eigenvalue weighted by Gasteiger charge is 2.11. The van der Waals surface area contributed by atoms with Gasteiger partial charge in [-0.2, -0.15) is 0 Å². The lowest BCUT2D eigenvalue weighted by atomic mass is 10.1. The summed E-state index contributed by atoms with van der Waals surface area (Å²) in [7, 11) is 0. The molecule has 0 fully saturated rings. The molecule has 0 unspecified atom stereocenters. The third-order valence-corrected chi connectivity index (χ3v) is 4.91. The summed E-state index contributed by atoms with van der Waals surface area (Å²) in [6.07, 6.45) is 0.846. The van der Waals surface area contributed by atoms with E-state index in [0.29, 0.717) is 6.42 Å². The van der Waals surface area contributed by atoms with E-state index in [4.69, 9.17) is 10.1 Å². The second kappa shape index (κ2) is 7.53. The molecule has 24 heavy (non-hydrogen) atoms. The molecular formula is C19H20N2O2S. The number of rotatable bonds is 7. The van der Waals surface area contributed by atoms with Gasteiger partial charge in [0, 0.05) is 12.2 Å². The van der Waals surface area contributed by atoms with Gasteiger partial charge in [-0.25, -0.2) is 4.98 Å². The molecule has 1 aromatic heterocycles. The van der Waals surface area contributed by atoms with Crippen LogP contribution in [0.3, 0.4) is 0 Å². The first kappa shape index (κ1) is 16.6. The first-order valence-corrected chi connectivity index (χ1v) is 8.97. The van der Waals surface area contributed by atoms with Crippen molar-refractivity contribution in [3.8, 4) is 0 Å². The Kier molecular flexibility index (Phi) is 5.20. The molecule has 0 saturated heterocycles. The number of carboxylic acids is 1. The largest absolute Gasteiger partial charge is 0.481 e. The minimum Gasteiger partial charge on any atom is -0.481 e. The normalized spacial score (nSPS) is 11.0. The van der Waals surface area contributed by atoms with Gasteiger partial charge in [-0.05, 0) is 31.0 Å². The van der Waals surface area contributed by atoms with Gasteiger partial charge in [0.2, 0.25) is 0 Å². The molecule has 0 bridgehead atoms. The van der Waals surface area contributed by atoms with Crippen LogP contribution in [0.1, 0.15) is 24.0 Å². The van der Waals surface area contributed by atoms with E-state index in [0.717, 1.165) is 28.5 Å². The lowest BCUT2D eigenvalue weighted by molar-refractivity contribution is -0.137. The molecule has 0 aliphatic heterocycles. The SMILES string of the molecule is Cc1ccc(Cn2c(SCCCC(=O)O)nc3ccccc32)cc1. The first-order chi connectivity index (χ1) is 11.6. The number of aliphatic carboxylic acids is 1. The van der Waals surface area contributed by atoms with Crippen LogP contribution in [0.15, 0.2) is 53.7 Å². The molecule has 0 amide bonds. The standard InChI is InChI=1S/C19H20N2O2S/c1-14-8-10-15(11-9-14)13-21-17-6-3-2-5-16(17)20-19(21)24-12-4-7-18(22)23/h2-3,5-6,8-11H,4,7,12-13H2,1H3,(H,22,23). The monoisotopic (exact) mass is 340 g/mol. The van der Waals surface area contributed by atoms with Gasteiger partial charge in [-0.15, -0.1) is 0 Å². The quantitative estimate of drug-likeness (QED) is 0.513. The average molecular weight is 340 g/mol. The number of carbonyl (C=O) groups is 1. The van der Waals surface area contributed by atoms with E-state index in [9.17, 15) is 4.79 Å². The lowest BCUT2D eigenvalue weighted by Gasteiger charge is -2.09. The summed E-state index contributed by atoms with van der Waals surface area (Å²) in [6, 6.07) is 16.6. The predicted octanol–water partition coefficient (Wildman–Crippen LogP) is 4.35. The van der Waals surface area contributed by atoms with Gasteiger partial charge in [-0.1, -0.05) is 53.7 Å². The predicted molar refractivity (Wildman–Crippen MR) is 97.6 cm³/mol. The molecule has 3 rings (SSSR count). The molecule has 124 valence electrons. The Bertz CT molecular complexity index is 840. The molecular weight excluding hydrogens is 320 g/mol. The number of carboxylic acid groups (broad SMARTS) is 1. The summed E-state index contributed by atoms with van der Waals surface area (Å²) in [5.41, 5.74) is 4.57. The summed E-state index contributed by atoms with van der Waals surface area (Å²) in [6.45, 7) is 2.85. The summed E-state index contributed by atoms with van der Waals surface area (Å²) in [5.74, 6) is 0.00697. The van der Waals surface area contributed by atoms with E-state index in [1.54, 1.807) is 11.8 Å². The van der Waals surface area contributed by atoms with Crippen LogP contribution in [0.4, 0.5) is 0 Å². The summed E-state index contributed by atoms with van der Waals surface area (Å²) in [5, 5.41) is 9.71. The van der Waals surface area contributed by atoms with E-state index in [1.165, 1.54) is 11.1 Å². The van der Waals surface area contributed by atoms with E-state index >= 15 is 0 Å². The first-order valence-electron chi connectivity index (χ1n) is 7.99. The van der Waals surface area contributed by atoms with Crippen molar-refractivity contribution in [2.75, 3.05) is 5.75 Å². The molecule has 0 aliphatic carbocycles. The highest BCUT2D eigenvalue weighted by molar-refractivity contribution is 7.99. The number of hydrogen-bond donors (Lipinski definition) is 1. The highest BCUT2D eigenvalue weighted by Crippen LogP contribution is 2.26. The van der Waals surface area contributed by atoms with Gasteiger partial charge >= 0.3 is 5.97 Å². The van der Waals surface area contributed by atoms with Crippen LogP contribution in [0.25, 0.3) is 11.0 Å². The number of aryl methyl sites for hydroxylation is 1. The van der Waals surface area contributed by atoms with Gasteiger partial charge in [0.05, 0.1) is 17.6 Å². The maximum absolute atomic E-state index is 10.7. The highest BCUT2D eigenvalue weighted by atomic mass is 32.2. The molecule has 4 nitrogen and oxygen atoms in total. The van der Waals surface area contributed by atoms with Crippen molar-refractivity contribution in [3.05, 3.63) is 59.7 Å². The van der Waals surface area contributed by atoms with Gasteiger partial charge < -0.3 is 9.67 Å². The Labute approximate surface area is 145 Å². The number of thioether (sulfide) groups is 1. The number of hydrogen-bond acceptors (Lipinski definition) is 3. The fourth-order valence-electron chi connectivity index (χ4n) is 2.58. The van der Waals surface area contributed by atoms with Crippen molar-refractivity contribution in [3.63, 3.8) is 0 Å². The summed E-state index contributed by atoms with van der Waals surface area (Å²) >= 11 is 1.63. The van der Waals surface area contributed by atoms with Crippen molar-refractivity contribution in [2.24, 2.45) is 0 Å². The lowest BCUT2D eigenvalue weighted by Crippen LogP contribution is -2.02. The van der Waals surface area contributed by atoms with Gasteiger partial charge in [-0.3, -0.25) is 4.79 Å². The number of para-hydroxylation sites is 2. The van der Waals surface area contributed by atoms with Crippen LogP contribution in [0, 0.1) is 6.92 Å². The van der Waals surface area contributed by atoms with Gasteiger partial charge in [0.15, 0.2) is 5.16 Å². The molecule has 0 saturated carbocycles. The van der Waals surface area contributed by atoms with E-state index < -0.39 is 5.97 Å². The number of fused-ring (bicyclic) bond motifs is 1. The molecule has 0 spiro atoms. The third kappa shape index (κ3) is 3.97. The maximum Gasteiger partial charge on any atom is 0.303 e. The number of imidazole rings is 1. The van der Waals surface area contributed by atoms with Crippen molar-refractivity contribution in [1.29, 1.82) is 0 Å². The fourth-order valence-corrected chi connectivity index (χ4v) is 3.53. The Morgan fingerprint density at radius 2 is 1.92 bits per heavy atom. The van der Waals surface area contributed by atoms with Crippen molar-refractivity contribution >= 4 is 28.8 Å². The molecule has 5 heteroatoms. The maximum atomic E-state index is 10.7. The van der Waals surface area contributed by atoms with E-state index in [2.05, 4.69) is 41.8 Å². The van der Waals surface area contributed by atoms with Gasteiger partial charge in [0.1, 0.15) is 0 Å². The summed E-state index contributed by atoms with van der Waals surface area (Å²) in [4.78, 5) is 15.4. The Morgan fingerprint density at radius 3 is 2.67 bits per heavy atom. The molecule has 2 aromatic carbocycles. The van der Waals surface area contributed by atoms with Crippen molar-refractivity contribution in [2.45, 2.75) is 31.5 Å². The molecule has 0 atom stereocenters. The van der Waals surface area contributed by atoms with Crippen LogP contribution < -0.4 is 0 Å². The number of benzene rings is 2. The van der Waals surface area contributed by atoms with Crippen molar-refractivity contribution < 1.29 is 9.90 Å². The Morgan fingerprint density at radius 1 is 1.17 bits per heavy atom. The topological polar surface area (TPSA) is 55.1 Å². The molecule has 3 aromatic rings. The second-order valence-electron chi connectivity index (χ2n) is 5.80. The molecule has 1 N–H and O–H groups in total. The zero-order valence-corrected chi connectivity index (χ0v) is 14.4. The van der Waals surface area contributed by atoms with Crippen LogP contribution in [0.2, 0.25) is 0 Å². The minimum atomic E-state index is -0.747. The fraction of sp³-hybridized carbons (Fsp3) is 0.263. The Balaban J connectivity index is 1.84. The van der Waals surface area contributed by atoms with Crippen LogP contribution in [-0.4, -0.2) is 26.4 Å². The third-order valence-electron chi connectivity index (χ3n) is 3.85. The van der Waals surface area contributed by atoms with E-state index in [-0.39, 0.29) is 6.42 Å². The average Bonchev–Trinajstić information content (AvgIpc) is 2.91. The van der Waals surface area contributed by atoms with E-state index in [1.807, 2.05) is 18.2 Å². The molecule has 1 heterocycles. The second-order valence-corrected chi connectivity index (χ2v) is 6.86. The number of aromatic nitrogens is 2. The number of nitrogens with zero attached hydrogens (tertiary/aromatic N) is 2. The van der Waals surface area contributed by atoms with Gasteiger partial charge in [0.25, 0.3) is 0 Å². The molecule has 0 radical (unpaired) electrons. The Hall–Kier alpha value is -2.27. The zero-order valence-electron chi connectivity index (χ0n) is 13.6. The minimum absolute atomic E-state index is 0.200. The summed E-state index contributed by atoms with van der Waals surface area (Å²) < 4.78 is 2.21. The van der Waals surface area contributed by atoms with Crippen LogP contribution in [0.5, 0.6) is 0 Å². The van der Waals surface area contributed by atoms with Crippen LogP contribution >= 0.6 is 11.8 Å². The van der Waals surface area contributed by atoms with Crippen molar-refractivity contribution in [1.82, 2.24) is 9.55 Å². The molecule has 0 aliphatic rings. The smallest absolute Gasteiger partial charge is 0.303 e. The zero-order chi connectivity index (χ0) is 16.9.